The zero-order valence-electron chi connectivity index (χ0n) is 9.56. The van der Waals surface area contributed by atoms with Gasteiger partial charge in [0.15, 0.2) is 0 Å². The van der Waals surface area contributed by atoms with Crippen LogP contribution in [0.3, 0.4) is 0 Å². The number of carboxylic acids is 1. The summed E-state index contributed by atoms with van der Waals surface area (Å²) in [5.74, 6) is -0.964. The van der Waals surface area contributed by atoms with Gasteiger partial charge in [0.1, 0.15) is 6.54 Å². The number of urea groups is 1. The molecule has 0 aromatic rings. The molecule has 0 aromatic carbocycles. The molecule has 5 heteroatoms. The maximum atomic E-state index is 12.0. The van der Waals surface area contributed by atoms with E-state index in [0.717, 1.165) is 12.8 Å². The maximum absolute atomic E-state index is 12.0. The Morgan fingerprint density at radius 2 is 2.19 bits per heavy atom. The van der Waals surface area contributed by atoms with Crippen LogP contribution in [0.25, 0.3) is 0 Å². The van der Waals surface area contributed by atoms with E-state index in [1.54, 1.807) is 4.90 Å². The fourth-order valence-electron chi connectivity index (χ4n) is 1.69. The van der Waals surface area contributed by atoms with Crippen LogP contribution in [0.1, 0.15) is 19.8 Å². The third-order valence-electron chi connectivity index (χ3n) is 2.42. The summed E-state index contributed by atoms with van der Waals surface area (Å²) in [5.41, 5.74) is 0. The van der Waals surface area contributed by atoms with Gasteiger partial charge in [0, 0.05) is 19.6 Å². The smallest absolute Gasteiger partial charge is 0.323 e. The van der Waals surface area contributed by atoms with Crippen LogP contribution in [-0.4, -0.2) is 53.1 Å². The number of carbonyl (C=O) groups excluding carboxylic acids is 1. The van der Waals surface area contributed by atoms with Crippen LogP contribution in [0.2, 0.25) is 0 Å². The fraction of sp³-hybridized carbons (Fsp3) is 0.636. The molecule has 5 nitrogen and oxygen atoms in total. The van der Waals surface area contributed by atoms with Crippen LogP contribution in [-0.2, 0) is 4.79 Å². The van der Waals surface area contributed by atoms with Gasteiger partial charge in [-0.1, -0.05) is 19.1 Å². The molecule has 1 rings (SSSR count). The Balaban J connectivity index is 2.58. The molecule has 2 amide bonds. The highest BCUT2D eigenvalue weighted by molar-refractivity contribution is 5.80. The summed E-state index contributed by atoms with van der Waals surface area (Å²) < 4.78 is 0. The summed E-state index contributed by atoms with van der Waals surface area (Å²) in [6.07, 6.45) is 5.58. The molecule has 1 aliphatic heterocycles. The van der Waals surface area contributed by atoms with E-state index >= 15 is 0 Å². The zero-order chi connectivity index (χ0) is 12.0. The minimum Gasteiger partial charge on any atom is -0.480 e. The summed E-state index contributed by atoms with van der Waals surface area (Å²) in [7, 11) is 0. The monoisotopic (exact) mass is 226 g/mol. The molecule has 0 saturated heterocycles. The van der Waals surface area contributed by atoms with E-state index in [9.17, 15) is 9.59 Å². The SMILES string of the molecule is CCCN(CC(=O)O)C(=O)N1CC=CCC1. The van der Waals surface area contributed by atoms with Crippen molar-refractivity contribution in [3.63, 3.8) is 0 Å². The molecule has 1 aliphatic rings. The molecule has 0 unspecified atom stereocenters. The summed E-state index contributed by atoms with van der Waals surface area (Å²) in [6, 6.07) is -0.173. The van der Waals surface area contributed by atoms with E-state index in [1.165, 1.54) is 4.90 Å². The molecule has 0 spiro atoms. The van der Waals surface area contributed by atoms with Gasteiger partial charge >= 0.3 is 12.0 Å². The standard InChI is InChI=1S/C11H18N2O3/c1-2-6-13(9-10(14)15)11(16)12-7-4-3-5-8-12/h3-4H,2,5-9H2,1H3,(H,14,15). The molecule has 0 aromatic heterocycles. The first-order valence-electron chi connectivity index (χ1n) is 5.55. The molecule has 90 valence electrons. The molecule has 0 aliphatic carbocycles. The zero-order valence-corrected chi connectivity index (χ0v) is 9.56. The Morgan fingerprint density at radius 1 is 1.44 bits per heavy atom. The molecule has 16 heavy (non-hydrogen) atoms. The largest absolute Gasteiger partial charge is 0.480 e. The number of nitrogens with zero attached hydrogens (tertiary/aromatic N) is 2. The van der Waals surface area contributed by atoms with E-state index in [0.29, 0.717) is 19.6 Å². The molecule has 0 radical (unpaired) electrons. The van der Waals surface area contributed by atoms with Gasteiger partial charge in [0.2, 0.25) is 0 Å². The first-order valence-corrected chi connectivity index (χ1v) is 5.55. The van der Waals surface area contributed by atoms with Crippen molar-refractivity contribution in [1.29, 1.82) is 0 Å². The second-order valence-electron chi connectivity index (χ2n) is 3.80. The van der Waals surface area contributed by atoms with Gasteiger partial charge in [-0.3, -0.25) is 4.79 Å². The summed E-state index contributed by atoms with van der Waals surface area (Å²) >= 11 is 0. The Hall–Kier alpha value is -1.52. The Bertz CT molecular complexity index is 289. The minimum atomic E-state index is -0.964. The predicted molar refractivity (Wildman–Crippen MR) is 60.2 cm³/mol. The lowest BCUT2D eigenvalue weighted by Crippen LogP contribution is -2.46. The maximum Gasteiger partial charge on any atom is 0.323 e. The number of rotatable bonds is 4. The lowest BCUT2D eigenvalue weighted by atomic mass is 10.2. The van der Waals surface area contributed by atoms with Crippen molar-refractivity contribution in [1.82, 2.24) is 9.80 Å². The average Bonchev–Trinajstić information content (AvgIpc) is 2.28. The second kappa shape index (κ2) is 6.15. The van der Waals surface area contributed by atoms with Crippen molar-refractivity contribution in [2.45, 2.75) is 19.8 Å². The topological polar surface area (TPSA) is 60.9 Å². The van der Waals surface area contributed by atoms with Crippen LogP contribution in [0.15, 0.2) is 12.2 Å². The predicted octanol–water partition coefficient (Wildman–Crippen LogP) is 1.16. The van der Waals surface area contributed by atoms with Gasteiger partial charge in [-0.15, -0.1) is 0 Å². The van der Waals surface area contributed by atoms with E-state index in [1.807, 2.05) is 19.1 Å². The molecular formula is C11H18N2O3. The fourth-order valence-corrected chi connectivity index (χ4v) is 1.69. The first kappa shape index (κ1) is 12.5. The van der Waals surface area contributed by atoms with Crippen LogP contribution in [0.4, 0.5) is 4.79 Å². The van der Waals surface area contributed by atoms with E-state index in [2.05, 4.69) is 0 Å². The van der Waals surface area contributed by atoms with Gasteiger partial charge in [0.05, 0.1) is 0 Å². The summed E-state index contributed by atoms with van der Waals surface area (Å²) in [4.78, 5) is 25.7. The van der Waals surface area contributed by atoms with Crippen molar-refractivity contribution >= 4 is 12.0 Å². The van der Waals surface area contributed by atoms with E-state index < -0.39 is 5.97 Å². The molecule has 0 bridgehead atoms. The highest BCUT2D eigenvalue weighted by Crippen LogP contribution is 2.06. The third kappa shape index (κ3) is 3.56. The van der Waals surface area contributed by atoms with Crippen molar-refractivity contribution in [2.75, 3.05) is 26.2 Å². The first-order chi connectivity index (χ1) is 7.65. The lowest BCUT2D eigenvalue weighted by Gasteiger charge is -2.30. The number of hydrogen-bond donors (Lipinski definition) is 1. The normalized spacial score (nSPS) is 14.9. The molecule has 1 heterocycles. The van der Waals surface area contributed by atoms with E-state index in [-0.39, 0.29) is 12.6 Å². The summed E-state index contributed by atoms with van der Waals surface area (Å²) in [5, 5.41) is 8.73. The highest BCUT2D eigenvalue weighted by atomic mass is 16.4. The van der Waals surface area contributed by atoms with Crippen LogP contribution in [0, 0.1) is 0 Å². The number of carbonyl (C=O) groups is 2. The van der Waals surface area contributed by atoms with Crippen LogP contribution >= 0.6 is 0 Å². The lowest BCUT2D eigenvalue weighted by molar-refractivity contribution is -0.137. The van der Waals surface area contributed by atoms with Gasteiger partial charge in [-0.2, -0.15) is 0 Å². The van der Waals surface area contributed by atoms with Crippen molar-refractivity contribution in [2.24, 2.45) is 0 Å². The van der Waals surface area contributed by atoms with Crippen LogP contribution in [0.5, 0.6) is 0 Å². The molecule has 0 saturated carbocycles. The number of aliphatic carboxylic acids is 1. The van der Waals surface area contributed by atoms with Gasteiger partial charge in [-0.05, 0) is 12.8 Å². The van der Waals surface area contributed by atoms with Crippen molar-refractivity contribution in [3.8, 4) is 0 Å². The van der Waals surface area contributed by atoms with Crippen molar-refractivity contribution < 1.29 is 14.7 Å². The third-order valence-corrected chi connectivity index (χ3v) is 2.42. The Kier molecular flexibility index (Phi) is 4.82. The molecule has 0 fully saturated rings. The number of carboxylic acid groups (broad SMARTS) is 1. The van der Waals surface area contributed by atoms with Crippen molar-refractivity contribution in [3.05, 3.63) is 12.2 Å². The van der Waals surface area contributed by atoms with Gasteiger partial charge in [-0.25, -0.2) is 4.79 Å². The average molecular weight is 226 g/mol. The quantitative estimate of drug-likeness (QED) is 0.732. The highest BCUT2D eigenvalue weighted by Gasteiger charge is 2.21. The molecule has 1 N–H and O–H groups in total. The minimum absolute atomic E-state index is 0.173. The molecular weight excluding hydrogens is 208 g/mol. The van der Waals surface area contributed by atoms with Crippen LogP contribution < -0.4 is 0 Å². The summed E-state index contributed by atoms with van der Waals surface area (Å²) in [6.45, 7) is 3.46. The van der Waals surface area contributed by atoms with Gasteiger partial charge < -0.3 is 14.9 Å². The Morgan fingerprint density at radius 3 is 2.69 bits per heavy atom. The van der Waals surface area contributed by atoms with E-state index in [4.69, 9.17) is 5.11 Å². The second-order valence-corrected chi connectivity index (χ2v) is 3.80. The molecule has 0 atom stereocenters. The number of amides is 2. The Labute approximate surface area is 95.3 Å². The van der Waals surface area contributed by atoms with Gasteiger partial charge in [0.25, 0.3) is 0 Å². The number of hydrogen-bond acceptors (Lipinski definition) is 2.